The molecule has 7 heteroatoms. The molecule has 1 N–H and O–H groups in total. The molecule has 6 nitrogen and oxygen atoms in total. The fraction of sp³-hybridized carbons (Fsp3) is 0.333. The first-order chi connectivity index (χ1) is 16.5. The number of aryl methyl sites for hydroxylation is 3. The number of benzene rings is 2. The number of amides is 1. The number of hydrogen-bond acceptors (Lipinski definition) is 6. The lowest BCUT2D eigenvalue weighted by Gasteiger charge is -2.14. The first-order valence-electron chi connectivity index (χ1n) is 11.3. The molecule has 1 amide bonds. The van der Waals surface area contributed by atoms with Gasteiger partial charge in [0.2, 0.25) is 5.75 Å². The lowest BCUT2D eigenvalue weighted by atomic mass is 9.95. The number of fused-ring (bicyclic) bond motifs is 1. The van der Waals surface area contributed by atoms with E-state index in [1.807, 2.05) is 38.1 Å². The molecule has 0 atom stereocenters. The van der Waals surface area contributed by atoms with E-state index >= 15 is 0 Å². The van der Waals surface area contributed by atoms with Crippen molar-refractivity contribution in [1.82, 2.24) is 0 Å². The Bertz CT molecular complexity index is 1250. The Morgan fingerprint density at radius 1 is 1.00 bits per heavy atom. The van der Waals surface area contributed by atoms with Crippen LogP contribution in [0.25, 0.3) is 0 Å². The zero-order valence-electron chi connectivity index (χ0n) is 20.3. The van der Waals surface area contributed by atoms with Crippen LogP contribution in [0.3, 0.4) is 0 Å². The third-order valence-corrected chi connectivity index (χ3v) is 7.27. The van der Waals surface area contributed by atoms with Crippen LogP contribution < -0.4 is 19.5 Å². The maximum Gasteiger partial charge on any atom is 0.259 e. The molecule has 0 saturated carbocycles. The van der Waals surface area contributed by atoms with Crippen molar-refractivity contribution in [2.45, 2.75) is 39.5 Å². The van der Waals surface area contributed by atoms with Gasteiger partial charge in [0.1, 0.15) is 5.00 Å². The molecule has 3 aromatic rings. The molecule has 0 unspecified atom stereocenters. The summed E-state index contributed by atoms with van der Waals surface area (Å²) in [6, 6.07) is 9.72. The van der Waals surface area contributed by atoms with Gasteiger partial charge in [0.25, 0.3) is 5.91 Å². The Balaban J connectivity index is 1.73. The van der Waals surface area contributed by atoms with Crippen LogP contribution in [0.1, 0.15) is 50.3 Å². The topological polar surface area (TPSA) is 69.2 Å². The quantitative estimate of drug-likeness (QED) is 0.406. The zero-order chi connectivity index (χ0) is 24.2. The van der Waals surface area contributed by atoms with E-state index < -0.39 is 0 Å². The molecule has 0 bridgehead atoms. The summed E-state index contributed by atoms with van der Waals surface area (Å²) in [5.41, 5.74) is 5.57. The lowest BCUT2D eigenvalue weighted by Crippen LogP contribution is -2.15. The summed E-state index contributed by atoms with van der Waals surface area (Å²) in [5, 5.41) is 3.83. The van der Waals surface area contributed by atoms with Gasteiger partial charge in [-0.2, -0.15) is 0 Å². The average molecular weight is 479 g/mol. The van der Waals surface area contributed by atoms with E-state index in [0.29, 0.717) is 27.8 Å². The summed E-state index contributed by atoms with van der Waals surface area (Å²) in [6.45, 7) is 4.05. The van der Waals surface area contributed by atoms with Crippen LogP contribution in [-0.4, -0.2) is 33.5 Å². The third kappa shape index (κ3) is 4.66. The summed E-state index contributed by atoms with van der Waals surface area (Å²) >= 11 is 1.60. The molecule has 0 aliphatic heterocycles. The smallest absolute Gasteiger partial charge is 0.259 e. The minimum Gasteiger partial charge on any atom is -0.493 e. The Kier molecular flexibility index (Phi) is 7.22. The maximum absolute atomic E-state index is 13.5. The van der Waals surface area contributed by atoms with Crippen LogP contribution in [0.4, 0.5) is 10.7 Å². The molecule has 34 heavy (non-hydrogen) atoms. The number of methoxy groups -OCH3 is 3. The highest BCUT2D eigenvalue weighted by molar-refractivity contribution is 7.16. The van der Waals surface area contributed by atoms with Gasteiger partial charge in [0.05, 0.1) is 26.9 Å². The predicted octanol–water partition coefficient (Wildman–Crippen LogP) is 6.27. The van der Waals surface area contributed by atoms with Gasteiger partial charge in [0, 0.05) is 22.3 Å². The van der Waals surface area contributed by atoms with Gasteiger partial charge in [-0.05, 0) is 68.9 Å². The van der Waals surface area contributed by atoms with Gasteiger partial charge < -0.3 is 19.5 Å². The molecule has 178 valence electrons. The fourth-order valence-corrected chi connectivity index (χ4v) is 5.60. The number of aliphatic imine (C=N–C) groups is 1. The monoisotopic (exact) mass is 478 g/mol. The molecular weight excluding hydrogens is 448 g/mol. The normalized spacial score (nSPS) is 13.0. The molecule has 1 heterocycles. The maximum atomic E-state index is 13.5. The van der Waals surface area contributed by atoms with E-state index in [1.165, 1.54) is 4.88 Å². The van der Waals surface area contributed by atoms with Crippen molar-refractivity contribution in [3.63, 3.8) is 0 Å². The average Bonchev–Trinajstić information content (AvgIpc) is 3.22. The molecule has 0 spiro atoms. The second kappa shape index (κ2) is 10.3. The van der Waals surface area contributed by atoms with Gasteiger partial charge >= 0.3 is 0 Å². The number of anilines is 1. The molecule has 0 radical (unpaired) electrons. The highest BCUT2D eigenvalue weighted by atomic mass is 32.1. The minimum absolute atomic E-state index is 0.113. The van der Waals surface area contributed by atoms with Crippen LogP contribution in [0.2, 0.25) is 0 Å². The second-order valence-corrected chi connectivity index (χ2v) is 9.43. The van der Waals surface area contributed by atoms with Crippen LogP contribution in [-0.2, 0) is 12.8 Å². The van der Waals surface area contributed by atoms with Crippen molar-refractivity contribution in [3.8, 4) is 17.2 Å². The Labute approximate surface area is 204 Å². The Morgan fingerprint density at radius 2 is 1.76 bits per heavy atom. The summed E-state index contributed by atoms with van der Waals surface area (Å²) in [7, 11) is 4.74. The van der Waals surface area contributed by atoms with Gasteiger partial charge in [0.15, 0.2) is 11.5 Å². The number of thiophene rings is 1. The number of carbonyl (C=O) groups is 1. The van der Waals surface area contributed by atoms with E-state index in [2.05, 4.69) is 11.4 Å². The molecule has 4 rings (SSSR count). The summed E-state index contributed by atoms with van der Waals surface area (Å²) in [5.74, 6) is 1.51. The third-order valence-electron chi connectivity index (χ3n) is 6.07. The molecule has 2 aromatic carbocycles. The standard InChI is InChI=1S/C27H30N2O4S/c1-16-10-12-20(17(2)14-16)29-26(30)23-19-8-6-7-9-22(19)34-27(23)28-15-18-11-13-21(31-3)25(33-5)24(18)32-4/h10-15H,6-9H2,1-5H3,(H,29,30). The highest BCUT2D eigenvalue weighted by Gasteiger charge is 2.26. The molecule has 1 aliphatic carbocycles. The largest absolute Gasteiger partial charge is 0.493 e. The van der Waals surface area contributed by atoms with E-state index in [1.54, 1.807) is 38.9 Å². The fourth-order valence-electron chi connectivity index (χ4n) is 4.37. The zero-order valence-corrected chi connectivity index (χ0v) is 21.1. The molecule has 1 aromatic heterocycles. The van der Waals surface area contributed by atoms with Crippen molar-refractivity contribution < 1.29 is 19.0 Å². The molecule has 0 fully saturated rings. The first-order valence-corrected chi connectivity index (χ1v) is 12.1. The van der Waals surface area contributed by atoms with Gasteiger partial charge in [-0.3, -0.25) is 4.79 Å². The van der Waals surface area contributed by atoms with Gasteiger partial charge in [-0.15, -0.1) is 11.3 Å². The van der Waals surface area contributed by atoms with Crippen molar-refractivity contribution >= 4 is 34.1 Å². The highest BCUT2D eigenvalue weighted by Crippen LogP contribution is 2.42. The second-order valence-electron chi connectivity index (χ2n) is 8.35. The number of hydrogen-bond donors (Lipinski definition) is 1. The minimum atomic E-state index is -0.113. The summed E-state index contributed by atoms with van der Waals surface area (Å²) in [4.78, 5) is 19.5. The van der Waals surface area contributed by atoms with Crippen molar-refractivity contribution in [1.29, 1.82) is 0 Å². The van der Waals surface area contributed by atoms with Crippen molar-refractivity contribution in [2.75, 3.05) is 26.6 Å². The van der Waals surface area contributed by atoms with Crippen LogP contribution in [0.15, 0.2) is 35.3 Å². The number of carbonyl (C=O) groups excluding carboxylic acids is 1. The molecule has 1 aliphatic rings. The van der Waals surface area contributed by atoms with Gasteiger partial charge in [-0.1, -0.05) is 17.7 Å². The van der Waals surface area contributed by atoms with E-state index in [9.17, 15) is 4.79 Å². The SMILES string of the molecule is COc1ccc(C=Nc2sc3c(c2C(=O)Nc2ccc(C)cc2C)CCCC3)c(OC)c1OC. The number of nitrogens with zero attached hydrogens (tertiary/aromatic N) is 1. The predicted molar refractivity (Wildman–Crippen MR) is 138 cm³/mol. The van der Waals surface area contributed by atoms with Gasteiger partial charge in [-0.25, -0.2) is 4.99 Å². The van der Waals surface area contributed by atoms with Crippen LogP contribution in [0, 0.1) is 13.8 Å². The van der Waals surface area contributed by atoms with Crippen molar-refractivity contribution in [3.05, 3.63) is 63.0 Å². The summed E-state index contributed by atoms with van der Waals surface area (Å²) < 4.78 is 16.5. The van der Waals surface area contributed by atoms with E-state index in [0.717, 1.165) is 53.6 Å². The number of nitrogens with one attached hydrogen (secondary N) is 1. The summed E-state index contributed by atoms with van der Waals surface area (Å²) in [6.07, 6.45) is 5.83. The Morgan fingerprint density at radius 3 is 2.47 bits per heavy atom. The number of rotatable bonds is 7. The number of ether oxygens (including phenoxy) is 3. The van der Waals surface area contributed by atoms with Crippen molar-refractivity contribution in [2.24, 2.45) is 4.99 Å². The van der Waals surface area contributed by atoms with Crippen LogP contribution >= 0.6 is 11.3 Å². The first kappa shape index (κ1) is 23.8. The van der Waals surface area contributed by atoms with E-state index in [-0.39, 0.29) is 5.91 Å². The van der Waals surface area contributed by atoms with E-state index in [4.69, 9.17) is 19.2 Å². The molecular formula is C27H30N2O4S. The lowest BCUT2D eigenvalue weighted by molar-refractivity contribution is 0.102. The van der Waals surface area contributed by atoms with Crippen LogP contribution in [0.5, 0.6) is 17.2 Å². The molecule has 0 saturated heterocycles. The Hall–Kier alpha value is -3.32.